The van der Waals surface area contributed by atoms with Crippen LogP contribution in [0.5, 0.6) is 0 Å². The van der Waals surface area contributed by atoms with Gasteiger partial charge in [-0.15, -0.1) is 0 Å². The Labute approximate surface area is 259 Å². The van der Waals surface area contributed by atoms with Gasteiger partial charge in [-0.25, -0.2) is 40.6 Å². The van der Waals surface area contributed by atoms with E-state index in [1.54, 1.807) is 0 Å². The summed E-state index contributed by atoms with van der Waals surface area (Å²) in [6, 6.07) is 0. The summed E-state index contributed by atoms with van der Waals surface area (Å²) in [5.41, 5.74) is -12.4. The summed E-state index contributed by atoms with van der Waals surface area (Å²) < 4.78 is 119. The number of aliphatic imine (C=N–C) groups is 1. The Balaban J connectivity index is 0.00000109. The van der Waals surface area contributed by atoms with Crippen LogP contribution >= 0.6 is 0 Å². The van der Waals surface area contributed by atoms with Crippen LogP contribution in [0, 0.1) is 0 Å². The number of carbonyl (C=O) groups excluding carboxylic acids is 2. The number of aryl methyl sites for hydroxylation is 2. The van der Waals surface area contributed by atoms with Crippen molar-refractivity contribution in [2.45, 2.75) is 108 Å². The van der Waals surface area contributed by atoms with Crippen LogP contribution in [0.1, 0.15) is 84.0 Å². The summed E-state index contributed by atoms with van der Waals surface area (Å²) in [7, 11) is -13.4. The molecule has 0 unspecified atom stereocenters. The molecule has 45 heavy (non-hydrogen) atoms. The second kappa shape index (κ2) is 21.9. The molecule has 0 aliphatic heterocycles. The zero-order valence-electron chi connectivity index (χ0n) is 25.0. The fourth-order valence-corrected chi connectivity index (χ4v) is 5.22. The number of sulfonamides is 2. The largest absolute Gasteiger partial charge is 0.480 e. The molecule has 0 radical (unpaired) electrons. The van der Waals surface area contributed by atoms with E-state index in [0.29, 0.717) is 19.7 Å². The summed E-state index contributed by atoms with van der Waals surface area (Å²) in [4.78, 5) is 25.0. The minimum atomic E-state index is -6.72. The monoisotopic (exact) mass is 701 g/mol. The number of carbonyl (C=O) groups is 1. The number of aromatic nitrogens is 2. The van der Waals surface area contributed by atoms with Crippen LogP contribution in [-0.2, 0) is 42.7 Å². The van der Waals surface area contributed by atoms with Gasteiger partial charge < -0.3 is 14.2 Å². The highest BCUT2D eigenvalue weighted by Gasteiger charge is 2.46. The van der Waals surface area contributed by atoms with Crippen molar-refractivity contribution >= 4 is 32.2 Å². The molecule has 0 aliphatic carbocycles. The molecule has 0 aromatic carbocycles. The summed E-state index contributed by atoms with van der Waals surface area (Å²) >= 11 is 0. The van der Waals surface area contributed by atoms with Crippen molar-refractivity contribution in [3.05, 3.63) is 22.8 Å². The number of isocyanates is 1. The number of alkyl halides is 6. The second-order valence-electron chi connectivity index (χ2n) is 9.73. The number of alkyl carbamates (subject to hydrolysis) is 1. The van der Waals surface area contributed by atoms with Crippen LogP contribution in [0.2, 0.25) is 0 Å². The Bertz CT molecular complexity index is 1190. The number of halogens is 6. The van der Waals surface area contributed by atoms with Crippen molar-refractivity contribution in [1.82, 2.24) is 9.88 Å². The Kier molecular flexibility index (Phi) is 20.6. The minimum Gasteiger partial charge on any atom is -0.450 e. The fraction of sp³-hybridized carbons (Fsp3) is 0.800. The van der Waals surface area contributed by atoms with E-state index in [4.69, 9.17) is 4.74 Å². The van der Waals surface area contributed by atoms with Crippen LogP contribution in [-0.4, -0.2) is 64.3 Å². The van der Waals surface area contributed by atoms with Crippen molar-refractivity contribution in [1.29, 1.82) is 0 Å². The molecule has 0 bridgehead atoms. The van der Waals surface area contributed by atoms with E-state index >= 15 is 0 Å². The Morgan fingerprint density at radius 1 is 0.889 bits per heavy atom. The maximum Gasteiger partial charge on any atom is 0.480 e. The third-order valence-corrected chi connectivity index (χ3v) is 8.61. The maximum absolute atomic E-state index is 11.6. The van der Waals surface area contributed by atoms with Crippen LogP contribution in [0.15, 0.2) is 23.7 Å². The quantitative estimate of drug-likeness (QED) is 0.0575. The van der Waals surface area contributed by atoms with E-state index in [1.807, 2.05) is 0 Å². The summed E-state index contributed by atoms with van der Waals surface area (Å²) in [5.74, 6) is 0. The average molecular weight is 702 g/mol. The van der Waals surface area contributed by atoms with E-state index in [2.05, 4.69) is 45.1 Å². The van der Waals surface area contributed by atoms with Gasteiger partial charge in [0.05, 0.1) is 26.2 Å². The standard InChI is InChI=1S/C23H40N4O3.C2F6NO4S2/c1-2-3-4-11-16-26-18-19-27(22-26)17-12-7-8-13-20-30-23(29)25-15-10-6-5-9-14-24-21-28;3-1(4,5)14(10,11)9-15(12,13)2(6,7)8/h18-19,22H,2-17,20H2,1H3;/q;-1/p+1. The number of hydrogen-bond acceptors (Lipinski definition) is 8. The molecule has 0 saturated carbocycles. The van der Waals surface area contributed by atoms with Gasteiger partial charge in [-0.05, 0) is 51.4 Å². The number of nitrogens with one attached hydrogen (secondary N) is 1. The maximum atomic E-state index is 11.6. The van der Waals surface area contributed by atoms with Gasteiger partial charge in [0.15, 0.2) is 20.0 Å². The lowest BCUT2D eigenvalue weighted by molar-refractivity contribution is -0.696. The van der Waals surface area contributed by atoms with E-state index in [9.17, 15) is 52.8 Å². The number of amides is 1. The molecule has 1 N–H and O–H groups in total. The minimum absolute atomic E-state index is 0.323. The van der Waals surface area contributed by atoms with Gasteiger partial charge in [-0.3, -0.25) is 0 Å². The highest BCUT2D eigenvalue weighted by molar-refractivity contribution is 8.13. The van der Waals surface area contributed by atoms with Crippen LogP contribution in [0.4, 0.5) is 31.1 Å². The number of rotatable bonds is 21. The Morgan fingerprint density at radius 2 is 1.47 bits per heavy atom. The molecule has 0 atom stereocenters. The number of imidazole rings is 1. The molecule has 0 saturated heterocycles. The molecule has 12 nitrogen and oxygen atoms in total. The first kappa shape index (κ1) is 42.3. The van der Waals surface area contributed by atoms with Crippen molar-refractivity contribution in [2.75, 3.05) is 19.7 Å². The topological polar surface area (TPSA) is 159 Å². The van der Waals surface area contributed by atoms with Gasteiger partial charge in [0, 0.05) is 6.54 Å². The molecule has 0 fully saturated rings. The molecular formula is C25H41F6N5O7S2. The van der Waals surface area contributed by atoms with Crippen molar-refractivity contribution in [2.24, 2.45) is 4.99 Å². The van der Waals surface area contributed by atoms with Crippen LogP contribution in [0.3, 0.4) is 0 Å². The fourth-order valence-electron chi connectivity index (χ4n) is 3.51. The summed E-state index contributed by atoms with van der Waals surface area (Å²) in [6.45, 7) is 6.06. The molecule has 20 heteroatoms. The lowest BCUT2D eigenvalue weighted by Gasteiger charge is -2.22. The molecule has 262 valence electrons. The summed E-state index contributed by atoms with van der Waals surface area (Å²) in [6.07, 6.45) is 21.0. The molecule has 1 heterocycles. The molecule has 1 aromatic rings. The third-order valence-electron chi connectivity index (χ3n) is 5.87. The van der Waals surface area contributed by atoms with Gasteiger partial charge >= 0.3 is 17.1 Å². The summed E-state index contributed by atoms with van der Waals surface area (Å²) in [5, 5.41) is 2.78. The zero-order chi connectivity index (χ0) is 34.4. The van der Waals surface area contributed by atoms with Gasteiger partial charge in [0.1, 0.15) is 12.4 Å². The van der Waals surface area contributed by atoms with E-state index in [0.717, 1.165) is 68.6 Å². The Hall–Kier alpha value is -2.70. The highest BCUT2D eigenvalue weighted by Crippen LogP contribution is 2.36. The van der Waals surface area contributed by atoms with Gasteiger partial charge in [-0.2, -0.15) is 26.3 Å². The number of ether oxygens (including phenoxy) is 1. The van der Waals surface area contributed by atoms with E-state index in [1.165, 1.54) is 31.8 Å². The van der Waals surface area contributed by atoms with Crippen molar-refractivity contribution < 1.29 is 62.1 Å². The van der Waals surface area contributed by atoms with Crippen molar-refractivity contribution in [3.8, 4) is 0 Å². The molecule has 0 aliphatic rings. The average Bonchev–Trinajstić information content (AvgIpc) is 3.38. The normalized spacial score (nSPS) is 12.2. The number of hydrogen-bond donors (Lipinski definition) is 1. The van der Waals surface area contributed by atoms with Crippen molar-refractivity contribution in [3.63, 3.8) is 0 Å². The molecule has 1 aromatic heterocycles. The predicted molar refractivity (Wildman–Crippen MR) is 151 cm³/mol. The van der Waals surface area contributed by atoms with Gasteiger partial charge in [0.25, 0.3) is 0 Å². The van der Waals surface area contributed by atoms with Crippen LogP contribution in [0.25, 0.3) is 4.13 Å². The molecule has 1 rings (SSSR count). The molecule has 1 amide bonds. The lowest BCUT2D eigenvalue weighted by Crippen LogP contribution is -2.30. The van der Waals surface area contributed by atoms with Gasteiger partial charge in [-0.1, -0.05) is 32.6 Å². The van der Waals surface area contributed by atoms with E-state index < -0.39 is 31.1 Å². The van der Waals surface area contributed by atoms with E-state index in [-0.39, 0.29) is 6.09 Å². The van der Waals surface area contributed by atoms with Gasteiger partial charge in [0.2, 0.25) is 12.4 Å². The smallest absolute Gasteiger partial charge is 0.450 e. The first-order valence-electron chi connectivity index (χ1n) is 14.3. The second-order valence-corrected chi connectivity index (χ2v) is 13.2. The Morgan fingerprint density at radius 3 is 2.07 bits per heavy atom. The number of unbranched alkanes of at least 4 members (excludes halogenated alkanes) is 9. The highest BCUT2D eigenvalue weighted by atomic mass is 32.3. The first-order chi connectivity index (χ1) is 21.0. The predicted octanol–water partition coefficient (Wildman–Crippen LogP) is 5.60. The lowest BCUT2D eigenvalue weighted by atomic mass is 10.2. The first-order valence-corrected chi connectivity index (χ1v) is 17.2. The SMILES string of the molecule is CCCCCCn1cc[n+](CCCCCCOC(=O)NCCCCCCN=C=O)c1.O=S(=O)([N-]S(=O)(=O)C(F)(F)F)C(F)(F)F. The molecule has 0 spiro atoms. The third kappa shape index (κ3) is 20.1. The van der Waals surface area contributed by atoms with Crippen LogP contribution < -0.4 is 9.88 Å². The number of nitrogens with zero attached hydrogens (tertiary/aromatic N) is 4. The molecular weight excluding hydrogens is 660 g/mol. The zero-order valence-corrected chi connectivity index (χ0v) is 26.6.